The van der Waals surface area contributed by atoms with E-state index in [1.807, 2.05) is 0 Å². The molecule has 78 valence electrons. The fraction of sp³-hybridized carbons (Fsp3) is 0.500. The van der Waals surface area contributed by atoms with Crippen LogP contribution in [0, 0.1) is 0 Å². The van der Waals surface area contributed by atoms with E-state index in [0.29, 0.717) is 6.04 Å². The van der Waals surface area contributed by atoms with Gasteiger partial charge in [0, 0.05) is 10.5 Å². The molecule has 14 heavy (non-hydrogen) atoms. The third-order valence-corrected chi connectivity index (χ3v) is 3.00. The van der Waals surface area contributed by atoms with Gasteiger partial charge < -0.3 is 5.32 Å². The van der Waals surface area contributed by atoms with Crippen molar-refractivity contribution in [2.45, 2.75) is 32.7 Å². The standard InChI is InChI=1S/C12H18BrN/c1-3-8-14-10(2)9-11-6-4-5-7-12(11)13/h4-7,10,14H,3,8-9H2,1-2H3. The predicted octanol–water partition coefficient (Wildman–Crippen LogP) is 3.38. The largest absolute Gasteiger partial charge is 0.314 e. The smallest absolute Gasteiger partial charge is 0.0207 e. The van der Waals surface area contributed by atoms with Gasteiger partial charge in [-0.25, -0.2) is 0 Å². The van der Waals surface area contributed by atoms with E-state index in [2.05, 4.69) is 59.4 Å². The van der Waals surface area contributed by atoms with Gasteiger partial charge in [0.1, 0.15) is 0 Å². The van der Waals surface area contributed by atoms with E-state index >= 15 is 0 Å². The third-order valence-electron chi connectivity index (χ3n) is 2.23. The molecule has 0 spiro atoms. The van der Waals surface area contributed by atoms with Crippen LogP contribution >= 0.6 is 15.9 Å². The highest BCUT2D eigenvalue weighted by Crippen LogP contribution is 2.17. The van der Waals surface area contributed by atoms with Crippen LogP contribution in [0.3, 0.4) is 0 Å². The molecule has 0 saturated heterocycles. The van der Waals surface area contributed by atoms with Crippen LogP contribution in [-0.2, 0) is 6.42 Å². The first-order chi connectivity index (χ1) is 6.74. The average molecular weight is 256 g/mol. The van der Waals surface area contributed by atoms with E-state index in [4.69, 9.17) is 0 Å². The summed E-state index contributed by atoms with van der Waals surface area (Å²) in [5.41, 5.74) is 1.38. The SMILES string of the molecule is CCCNC(C)Cc1ccccc1Br. The molecular weight excluding hydrogens is 238 g/mol. The summed E-state index contributed by atoms with van der Waals surface area (Å²) in [5, 5.41) is 3.49. The highest BCUT2D eigenvalue weighted by molar-refractivity contribution is 9.10. The second-order valence-corrected chi connectivity index (χ2v) is 4.51. The van der Waals surface area contributed by atoms with Crippen LogP contribution < -0.4 is 5.32 Å². The van der Waals surface area contributed by atoms with Crippen molar-refractivity contribution in [1.82, 2.24) is 5.32 Å². The fourth-order valence-electron chi connectivity index (χ4n) is 1.46. The monoisotopic (exact) mass is 255 g/mol. The lowest BCUT2D eigenvalue weighted by Crippen LogP contribution is -2.28. The molecule has 1 atom stereocenters. The number of hydrogen-bond donors (Lipinski definition) is 1. The lowest BCUT2D eigenvalue weighted by molar-refractivity contribution is 0.543. The first-order valence-corrected chi connectivity index (χ1v) is 6.00. The van der Waals surface area contributed by atoms with E-state index in [-0.39, 0.29) is 0 Å². The summed E-state index contributed by atoms with van der Waals surface area (Å²) in [6, 6.07) is 8.97. The van der Waals surface area contributed by atoms with Crippen molar-refractivity contribution in [1.29, 1.82) is 0 Å². The maximum absolute atomic E-state index is 3.57. The summed E-state index contributed by atoms with van der Waals surface area (Å²) in [4.78, 5) is 0. The molecular formula is C12H18BrN. The summed E-state index contributed by atoms with van der Waals surface area (Å²) in [6.45, 7) is 5.53. The minimum absolute atomic E-state index is 0.550. The predicted molar refractivity (Wildman–Crippen MR) is 65.6 cm³/mol. The zero-order valence-corrected chi connectivity index (χ0v) is 10.5. The van der Waals surface area contributed by atoms with Crippen LogP contribution in [0.2, 0.25) is 0 Å². The molecule has 0 bridgehead atoms. The molecule has 0 radical (unpaired) electrons. The molecule has 0 aromatic heterocycles. The Morgan fingerprint density at radius 1 is 1.36 bits per heavy atom. The molecule has 0 aliphatic heterocycles. The van der Waals surface area contributed by atoms with Gasteiger partial charge in [-0.3, -0.25) is 0 Å². The normalized spacial score (nSPS) is 12.8. The number of halogens is 1. The van der Waals surface area contributed by atoms with Gasteiger partial charge in [-0.05, 0) is 37.9 Å². The second-order valence-electron chi connectivity index (χ2n) is 3.65. The Kier molecular flexibility index (Phi) is 5.20. The minimum atomic E-state index is 0.550. The zero-order valence-electron chi connectivity index (χ0n) is 8.89. The number of rotatable bonds is 5. The Morgan fingerprint density at radius 3 is 2.71 bits per heavy atom. The van der Waals surface area contributed by atoms with Gasteiger partial charge in [-0.1, -0.05) is 41.1 Å². The van der Waals surface area contributed by atoms with E-state index in [1.54, 1.807) is 0 Å². The summed E-state index contributed by atoms with van der Waals surface area (Å²) in [6.07, 6.45) is 2.28. The summed E-state index contributed by atoms with van der Waals surface area (Å²) >= 11 is 3.57. The van der Waals surface area contributed by atoms with Crippen molar-refractivity contribution in [2.24, 2.45) is 0 Å². The Hall–Kier alpha value is -0.340. The van der Waals surface area contributed by atoms with Gasteiger partial charge in [-0.2, -0.15) is 0 Å². The summed E-state index contributed by atoms with van der Waals surface area (Å²) < 4.78 is 1.21. The average Bonchev–Trinajstić information content (AvgIpc) is 2.18. The molecule has 1 N–H and O–H groups in total. The molecule has 2 heteroatoms. The van der Waals surface area contributed by atoms with Gasteiger partial charge in [0.05, 0.1) is 0 Å². The maximum atomic E-state index is 3.57. The first-order valence-electron chi connectivity index (χ1n) is 5.20. The van der Waals surface area contributed by atoms with Crippen molar-refractivity contribution in [3.05, 3.63) is 34.3 Å². The Balaban J connectivity index is 2.47. The molecule has 0 amide bonds. The van der Waals surface area contributed by atoms with Crippen LogP contribution in [0.4, 0.5) is 0 Å². The molecule has 0 aliphatic rings. The lowest BCUT2D eigenvalue weighted by Gasteiger charge is -2.13. The van der Waals surface area contributed by atoms with E-state index in [0.717, 1.165) is 13.0 Å². The van der Waals surface area contributed by atoms with Gasteiger partial charge in [-0.15, -0.1) is 0 Å². The Bertz CT molecular complexity index is 273. The van der Waals surface area contributed by atoms with Gasteiger partial charge in [0.15, 0.2) is 0 Å². The molecule has 0 aliphatic carbocycles. The lowest BCUT2D eigenvalue weighted by atomic mass is 10.1. The number of nitrogens with one attached hydrogen (secondary N) is 1. The Labute approximate surface area is 95.0 Å². The van der Waals surface area contributed by atoms with Crippen LogP contribution in [0.5, 0.6) is 0 Å². The second kappa shape index (κ2) is 6.20. The highest BCUT2D eigenvalue weighted by atomic mass is 79.9. The maximum Gasteiger partial charge on any atom is 0.0207 e. The van der Waals surface area contributed by atoms with Crippen LogP contribution in [-0.4, -0.2) is 12.6 Å². The summed E-state index contributed by atoms with van der Waals surface area (Å²) in [5.74, 6) is 0. The van der Waals surface area contributed by atoms with Crippen LogP contribution in [0.25, 0.3) is 0 Å². The van der Waals surface area contributed by atoms with Gasteiger partial charge >= 0.3 is 0 Å². The molecule has 1 aromatic carbocycles. The van der Waals surface area contributed by atoms with E-state index in [9.17, 15) is 0 Å². The first kappa shape index (κ1) is 11.7. The Morgan fingerprint density at radius 2 is 2.07 bits per heavy atom. The van der Waals surface area contributed by atoms with Crippen molar-refractivity contribution >= 4 is 15.9 Å². The topological polar surface area (TPSA) is 12.0 Å². The summed E-state index contributed by atoms with van der Waals surface area (Å²) in [7, 11) is 0. The zero-order chi connectivity index (χ0) is 10.4. The fourth-order valence-corrected chi connectivity index (χ4v) is 1.90. The van der Waals surface area contributed by atoms with Crippen molar-refractivity contribution < 1.29 is 0 Å². The third kappa shape index (κ3) is 3.81. The van der Waals surface area contributed by atoms with Crippen LogP contribution in [0.15, 0.2) is 28.7 Å². The molecule has 1 rings (SSSR count). The van der Waals surface area contributed by atoms with Crippen LogP contribution in [0.1, 0.15) is 25.8 Å². The molecule has 1 nitrogen and oxygen atoms in total. The molecule has 0 heterocycles. The minimum Gasteiger partial charge on any atom is -0.314 e. The van der Waals surface area contributed by atoms with Crippen molar-refractivity contribution in [3.63, 3.8) is 0 Å². The van der Waals surface area contributed by atoms with E-state index < -0.39 is 0 Å². The highest BCUT2D eigenvalue weighted by Gasteiger charge is 2.04. The molecule has 0 fully saturated rings. The molecule has 0 saturated carbocycles. The number of hydrogen-bond acceptors (Lipinski definition) is 1. The van der Waals surface area contributed by atoms with Crippen molar-refractivity contribution in [2.75, 3.05) is 6.54 Å². The quantitative estimate of drug-likeness (QED) is 0.851. The van der Waals surface area contributed by atoms with Gasteiger partial charge in [0.25, 0.3) is 0 Å². The molecule has 1 aromatic rings. The molecule has 1 unspecified atom stereocenters. The van der Waals surface area contributed by atoms with E-state index in [1.165, 1.54) is 16.5 Å². The van der Waals surface area contributed by atoms with Gasteiger partial charge in [0.2, 0.25) is 0 Å². The number of benzene rings is 1. The van der Waals surface area contributed by atoms with Crippen molar-refractivity contribution in [3.8, 4) is 0 Å².